The molecule has 0 N–H and O–H groups in total. The Morgan fingerprint density at radius 2 is 1.92 bits per heavy atom. The number of hydrogen-bond donors (Lipinski definition) is 0. The van der Waals surface area contributed by atoms with Gasteiger partial charge in [-0.3, -0.25) is 9.36 Å². The van der Waals surface area contributed by atoms with Gasteiger partial charge in [-0.1, -0.05) is 21.1 Å². The molecule has 0 fully saturated rings. The van der Waals surface area contributed by atoms with Gasteiger partial charge in [0.25, 0.3) is 0 Å². The Bertz CT molecular complexity index is 881. The van der Waals surface area contributed by atoms with Gasteiger partial charge in [-0.05, 0) is 51.1 Å². The van der Waals surface area contributed by atoms with Crippen molar-refractivity contribution in [2.45, 2.75) is 25.7 Å². The molecule has 2 aromatic heterocycles. The van der Waals surface area contributed by atoms with Crippen molar-refractivity contribution in [2.24, 2.45) is 0 Å². The molecule has 1 aromatic carbocycles. The molecule has 0 amide bonds. The van der Waals surface area contributed by atoms with E-state index in [0.29, 0.717) is 11.6 Å². The number of thioether (sulfide) groups is 1. The van der Waals surface area contributed by atoms with Crippen molar-refractivity contribution in [3.05, 3.63) is 63.6 Å². The van der Waals surface area contributed by atoms with Gasteiger partial charge in [0.2, 0.25) is 0 Å². The Hall–Kier alpha value is -1.79. The number of rotatable bonds is 5. The second-order valence-corrected chi connectivity index (χ2v) is 7.55. The van der Waals surface area contributed by atoms with Crippen LogP contribution in [0.15, 0.2) is 50.3 Å². The summed E-state index contributed by atoms with van der Waals surface area (Å²) in [6.45, 7) is 5.76. The van der Waals surface area contributed by atoms with Gasteiger partial charge in [-0.25, -0.2) is 0 Å². The number of carbonyl (C=O) groups excluding carboxylic acids is 1. The molecule has 0 spiro atoms. The van der Waals surface area contributed by atoms with E-state index in [1.54, 1.807) is 11.8 Å². The Labute approximate surface area is 153 Å². The Morgan fingerprint density at radius 3 is 2.54 bits per heavy atom. The lowest BCUT2D eigenvalue weighted by molar-refractivity contribution is 0.102. The van der Waals surface area contributed by atoms with Crippen LogP contribution in [0, 0.1) is 20.8 Å². The molecule has 3 rings (SSSR count). The molecule has 6 heteroatoms. The molecule has 0 atom stereocenters. The number of halogens is 1. The summed E-state index contributed by atoms with van der Waals surface area (Å²) in [5, 5.41) is 4.05. The van der Waals surface area contributed by atoms with E-state index in [2.05, 4.69) is 21.1 Å². The first-order valence-electron chi connectivity index (χ1n) is 7.50. The van der Waals surface area contributed by atoms with E-state index in [9.17, 15) is 4.79 Å². The summed E-state index contributed by atoms with van der Waals surface area (Å²) in [4.78, 5) is 13.7. The summed E-state index contributed by atoms with van der Waals surface area (Å²) < 4.78 is 8.13. The van der Waals surface area contributed by atoms with E-state index in [-0.39, 0.29) is 5.78 Å². The zero-order valence-electron chi connectivity index (χ0n) is 13.7. The van der Waals surface area contributed by atoms with Crippen LogP contribution in [0.25, 0.3) is 5.82 Å². The van der Waals surface area contributed by atoms with E-state index in [1.165, 1.54) is 0 Å². The Kier molecular flexibility index (Phi) is 4.96. The molecule has 3 aromatic rings. The van der Waals surface area contributed by atoms with Crippen LogP contribution in [0.2, 0.25) is 0 Å². The highest BCUT2D eigenvalue weighted by Gasteiger charge is 2.18. The number of benzene rings is 1. The highest BCUT2D eigenvalue weighted by molar-refractivity contribution is 9.10. The number of ketones is 1. The Morgan fingerprint density at radius 1 is 1.21 bits per heavy atom. The number of aryl methyl sites for hydroxylation is 2. The molecule has 0 aliphatic rings. The summed E-state index contributed by atoms with van der Waals surface area (Å²) in [5.74, 6) is 1.98. The second kappa shape index (κ2) is 6.99. The lowest BCUT2D eigenvalue weighted by Gasteiger charge is -2.05. The molecule has 124 valence electrons. The molecule has 0 saturated heterocycles. The predicted octanol–water partition coefficient (Wildman–Crippen LogP) is 5.13. The van der Waals surface area contributed by atoms with Gasteiger partial charge in [0.05, 0.1) is 5.75 Å². The normalized spacial score (nSPS) is 11.0. The van der Waals surface area contributed by atoms with Crippen LogP contribution >= 0.6 is 27.7 Å². The van der Waals surface area contributed by atoms with Gasteiger partial charge in [-0.15, -0.1) is 11.8 Å². The van der Waals surface area contributed by atoms with E-state index < -0.39 is 0 Å². The van der Waals surface area contributed by atoms with Crippen molar-refractivity contribution in [3.63, 3.8) is 0 Å². The van der Waals surface area contributed by atoms with Gasteiger partial charge in [-0.2, -0.15) is 0 Å². The second-order valence-electron chi connectivity index (χ2n) is 5.58. The summed E-state index contributed by atoms with van der Waals surface area (Å²) in [7, 11) is 0. The maximum atomic E-state index is 12.6. The minimum Gasteiger partial charge on any atom is -0.360 e. The minimum absolute atomic E-state index is 0.113. The van der Waals surface area contributed by atoms with E-state index in [4.69, 9.17) is 4.52 Å². The maximum Gasteiger partial charge on any atom is 0.180 e. The van der Waals surface area contributed by atoms with Crippen molar-refractivity contribution in [1.82, 2.24) is 9.72 Å². The van der Waals surface area contributed by atoms with Crippen LogP contribution in [-0.4, -0.2) is 21.3 Å². The molecule has 4 nitrogen and oxygen atoms in total. The Balaban J connectivity index is 1.79. The van der Waals surface area contributed by atoms with E-state index in [0.717, 1.165) is 32.1 Å². The van der Waals surface area contributed by atoms with Gasteiger partial charge < -0.3 is 4.52 Å². The van der Waals surface area contributed by atoms with Crippen molar-refractivity contribution < 1.29 is 9.32 Å². The molecule has 0 saturated carbocycles. The molecule has 0 aliphatic heterocycles. The molecular formula is C18H17BrN2O2S. The van der Waals surface area contributed by atoms with Gasteiger partial charge in [0.1, 0.15) is 5.76 Å². The number of carbonyl (C=O) groups is 1. The first-order chi connectivity index (χ1) is 11.5. The van der Waals surface area contributed by atoms with Crippen LogP contribution < -0.4 is 0 Å². The van der Waals surface area contributed by atoms with Crippen LogP contribution in [0.1, 0.15) is 27.5 Å². The van der Waals surface area contributed by atoms with Crippen molar-refractivity contribution >= 4 is 33.5 Å². The average molecular weight is 405 g/mol. The fourth-order valence-corrected chi connectivity index (χ4v) is 3.66. The summed E-state index contributed by atoms with van der Waals surface area (Å²) in [6, 6.07) is 11.7. The van der Waals surface area contributed by atoms with Crippen LogP contribution in [-0.2, 0) is 0 Å². The molecule has 2 heterocycles. The topological polar surface area (TPSA) is 48.0 Å². The van der Waals surface area contributed by atoms with Crippen LogP contribution in [0.3, 0.4) is 0 Å². The number of Topliss-reactive ketones (excluding diaryl/α,β-unsaturated/α-hetero) is 1. The smallest absolute Gasteiger partial charge is 0.180 e. The molecular weight excluding hydrogens is 388 g/mol. The monoisotopic (exact) mass is 404 g/mol. The van der Waals surface area contributed by atoms with Gasteiger partial charge in [0.15, 0.2) is 11.6 Å². The fraction of sp³-hybridized carbons (Fsp3) is 0.222. The molecule has 24 heavy (non-hydrogen) atoms. The van der Waals surface area contributed by atoms with Crippen LogP contribution in [0.4, 0.5) is 0 Å². The third-order valence-electron chi connectivity index (χ3n) is 3.76. The number of nitrogens with zero attached hydrogens (tertiary/aromatic N) is 2. The fourth-order valence-electron chi connectivity index (χ4n) is 2.61. The highest BCUT2D eigenvalue weighted by atomic mass is 79.9. The quantitative estimate of drug-likeness (QED) is 0.436. The lowest BCUT2D eigenvalue weighted by atomic mass is 10.2. The summed E-state index contributed by atoms with van der Waals surface area (Å²) >= 11 is 4.96. The third kappa shape index (κ3) is 3.49. The van der Waals surface area contributed by atoms with Gasteiger partial charge in [0, 0.05) is 32.4 Å². The zero-order chi connectivity index (χ0) is 17.3. The first-order valence-corrected chi connectivity index (χ1v) is 9.28. The average Bonchev–Trinajstić information content (AvgIpc) is 3.09. The predicted molar refractivity (Wildman–Crippen MR) is 99.2 cm³/mol. The number of aromatic nitrogens is 2. The first kappa shape index (κ1) is 17.0. The maximum absolute atomic E-state index is 12.6. The van der Waals surface area contributed by atoms with Crippen molar-refractivity contribution in [2.75, 3.05) is 5.75 Å². The van der Waals surface area contributed by atoms with Crippen LogP contribution in [0.5, 0.6) is 0 Å². The summed E-state index contributed by atoms with van der Waals surface area (Å²) in [5.41, 5.74) is 2.60. The largest absolute Gasteiger partial charge is 0.360 e. The van der Waals surface area contributed by atoms with Crippen molar-refractivity contribution in [1.29, 1.82) is 0 Å². The summed E-state index contributed by atoms with van der Waals surface area (Å²) in [6.07, 6.45) is 0. The number of hydrogen-bond acceptors (Lipinski definition) is 4. The van der Waals surface area contributed by atoms with E-state index in [1.807, 2.05) is 61.7 Å². The molecule has 0 aliphatic carbocycles. The van der Waals surface area contributed by atoms with Crippen molar-refractivity contribution in [3.8, 4) is 5.82 Å². The third-order valence-corrected chi connectivity index (χ3v) is 5.30. The minimum atomic E-state index is 0.113. The van der Waals surface area contributed by atoms with Gasteiger partial charge >= 0.3 is 0 Å². The standard InChI is InChI=1S/C18H17BrN2O2S/c1-11-8-16(13(3)21(11)18-9-12(2)23-20-18)17(22)10-24-15-6-4-14(19)5-7-15/h4-9H,10H2,1-3H3. The molecule has 0 unspecified atom stereocenters. The van der Waals surface area contributed by atoms with E-state index >= 15 is 0 Å². The molecule has 0 radical (unpaired) electrons. The zero-order valence-corrected chi connectivity index (χ0v) is 16.1. The lowest BCUT2D eigenvalue weighted by Crippen LogP contribution is -2.05. The SMILES string of the molecule is Cc1cc(-n2c(C)cc(C(=O)CSc3ccc(Br)cc3)c2C)no1. The highest BCUT2D eigenvalue weighted by Crippen LogP contribution is 2.25. The molecule has 0 bridgehead atoms.